The van der Waals surface area contributed by atoms with E-state index in [2.05, 4.69) is 18.4 Å². The van der Waals surface area contributed by atoms with Crippen molar-refractivity contribution in [1.29, 1.82) is 0 Å². The summed E-state index contributed by atoms with van der Waals surface area (Å²) in [6, 6.07) is 7.90. The first-order chi connectivity index (χ1) is 6.66. The van der Waals surface area contributed by atoms with Crippen molar-refractivity contribution < 1.29 is 0 Å². The van der Waals surface area contributed by atoms with Crippen LogP contribution in [0.3, 0.4) is 0 Å². The first kappa shape index (κ1) is 9.09. The van der Waals surface area contributed by atoms with E-state index in [4.69, 9.17) is 11.5 Å². The van der Waals surface area contributed by atoms with Gasteiger partial charge in [0.05, 0.1) is 11.4 Å². The largest absolute Gasteiger partial charge is 0.397 e. The van der Waals surface area contributed by atoms with Gasteiger partial charge in [0, 0.05) is 4.88 Å². The first-order valence-corrected chi connectivity index (χ1v) is 5.25. The third-order valence-electron chi connectivity index (χ3n) is 2.15. The first-order valence-electron chi connectivity index (χ1n) is 4.37. The summed E-state index contributed by atoms with van der Waals surface area (Å²) in [6.07, 6.45) is 0. The number of benzene rings is 1. The summed E-state index contributed by atoms with van der Waals surface area (Å²) in [7, 11) is 0. The molecular formula is C11H12N2S. The molecule has 1 heterocycles. The van der Waals surface area contributed by atoms with Crippen LogP contribution in [0.2, 0.25) is 0 Å². The maximum absolute atomic E-state index is 5.74. The second kappa shape index (κ2) is 3.35. The molecule has 2 rings (SSSR count). The Bertz CT molecular complexity index is 460. The molecule has 0 aliphatic rings. The van der Waals surface area contributed by atoms with E-state index in [1.54, 1.807) is 11.3 Å². The zero-order valence-corrected chi connectivity index (χ0v) is 8.77. The summed E-state index contributed by atoms with van der Waals surface area (Å²) >= 11 is 1.74. The van der Waals surface area contributed by atoms with Gasteiger partial charge in [-0.15, -0.1) is 11.3 Å². The molecule has 2 nitrogen and oxygen atoms in total. The Kier molecular flexibility index (Phi) is 2.17. The second-order valence-electron chi connectivity index (χ2n) is 3.29. The molecule has 0 aliphatic heterocycles. The van der Waals surface area contributed by atoms with E-state index in [-0.39, 0.29) is 0 Å². The van der Waals surface area contributed by atoms with E-state index in [0.29, 0.717) is 11.4 Å². The Morgan fingerprint density at radius 3 is 2.36 bits per heavy atom. The van der Waals surface area contributed by atoms with E-state index in [9.17, 15) is 0 Å². The zero-order chi connectivity index (χ0) is 10.1. The van der Waals surface area contributed by atoms with E-state index >= 15 is 0 Å². The van der Waals surface area contributed by atoms with Gasteiger partial charge in [-0.2, -0.15) is 0 Å². The van der Waals surface area contributed by atoms with Crippen molar-refractivity contribution in [3.63, 3.8) is 0 Å². The summed E-state index contributed by atoms with van der Waals surface area (Å²) in [6.45, 7) is 2.09. The lowest BCUT2D eigenvalue weighted by Gasteiger charge is -2.02. The SMILES string of the molecule is Cc1cc(-c2ccc(N)c(N)c2)cs1. The molecule has 0 saturated heterocycles. The Balaban J connectivity index is 2.47. The number of hydrogen-bond acceptors (Lipinski definition) is 3. The molecule has 0 aliphatic carbocycles. The van der Waals surface area contributed by atoms with Gasteiger partial charge in [-0.3, -0.25) is 0 Å². The highest BCUT2D eigenvalue weighted by molar-refractivity contribution is 7.10. The predicted octanol–water partition coefficient (Wildman–Crippen LogP) is 2.89. The molecule has 0 radical (unpaired) electrons. The van der Waals surface area contributed by atoms with E-state index < -0.39 is 0 Å². The lowest BCUT2D eigenvalue weighted by Crippen LogP contribution is -1.93. The zero-order valence-electron chi connectivity index (χ0n) is 7.95. The second-order valence-corrected chi connectivity index (χ2v) is 4.41. The Labute approximate surface area is 87.2 Å². The number of nitrogens with two attached hydrogens (primary N) is 2. The van der Waals surface area contributed by atoms with Gasteiger partial charge in [-0.1, -0.05) is 6.07 Å². The third kappa shape index (κ3) is 1.59. The van der Waals surface area contributed by atoms with E-state index in [1.165, 1.54) is 10.4 Å². The smallest absolute Gasteiger partial charge is 0.0554 e. The van der Waals surface area contributed by atoms with Crippen LogP contribution >= 0.6 is 11.3 Å². The number of rotatable bonds is 1. The fourth-order valence-corrected chi connectivity index (χ4v) is 2.06. The molecule has 14 heavy (non-hydrogen) atoms. The molecule has 0 unspecified atom stereocenters. The highest BCUT2D eigenvalue weighted by Crippen LogP contribution is 2.28. The molecule has 2 aromatic rings. The van der Waals surface area contributed by atoms with Crippen LogP contribution in [0.25, 0.3) is 11.1 Å². The van der Waals surface area contributed by atoms with Gasteiger partial charge in [0.1, 0.15) is 0 Å². The van der Waals surface area contributed by atoms with Crippen molar-refractivity contribution >= 4 is 22.7 Å². The molecule has 0 fully saturated rings. The fourth-order valence-electron chi connectivity index (χ4n) is 1.35. The summed E-state index contributed by atoms with van der Waals surface area (Å²) in [5, 5.41) is 2.13. The average Bonchev–Trinajstić information content (AvgIpc) is 2.57. The van der Waals surface area contributed by atoms with Crippen molar-refractivity contribution in [2.75, 3.05) is 11.5 Å². The summed E-state index contributed by atoms with van der Waals surface area (Å²) in [5.74, 6) is 0. The van der Waals surface area contributed by atoms with Gasteiger partial charge in [-0.05, 0) is 41.6 Å². The lowest BCUT2D eigenvalue weighted by molar-refractivity contribution is 1.61. The topological polar surface area (TPSA) is 52.0 Å². The van der Waals surface area contributed by atoms with Crippen LogP contribution in [-0.4, -0.2) is 0 Å². The van der Waals surface area contributed by atoms with Crippen LogP contribution in [0, 0.1) is 6.92 Å². The number of anilines is 2. The van der Waals surface area contributed by atoms with Crippen molar-refractivity contribution in [2.45, 2.75) is 6.92 Å². The van der Waals surface area contributed by atoms with Gasteiger partial charge in [-0.25, -0.2) is 0 Å². The average molecular weight is 204 g/mol. The standard InChI is InChI=1S/C11H12N2S/c1-7-4-9(6-14-7)8-2-3-10(12)11(13)5-8/h2-6H,12-13H2,1H3. The molecule has 0 saturated carbocycles. The van der Waals surface area contributed by atoms with Crippen LogP contribution in [-0.2, 0) is 0 Å². The van der Waals surface area contributed by atoms with Crippen LogP contribution in [0.5, 0.6) is 0 Å². The van der Waals surface area contributed by atoms with Crippen molar-refractivity contribution in [1.82, 2.24) is 0 Å². The molecule has 0 amide bonds. The van der Waals surface area contributed by atoms with Crippen molar-refractivity contribution in [3.8, 4) is 11.1 Å². The summed E-state index contributed by atoms with van der Waals surface area (Å²) < 4.78 is 0. The van der Waals surface area contributed by atoms with Crippen molar-refractivity contribution in [2.24, 2.45) is 0 Å². The third-order valence-corrected chi connectivity index (χ3v) is 3.01. The highest BCUT2D eigenvalue weighted by Gasteiger charge is 2.01. The normalized spacial score (nSPS) is 10.4. The van der Waals surface area contributed by atoms with Gasteiger partial charge < -0.3 is 11.5 Å². The van der Waals surface area contributed by atoms with Crippen LogP contribution in [0.1, 0.15) is 4.88 Å². The van der Waals surface area contributed by atoms with E-state index in [0.717, 1.165) is 5.56 Å². The van der Waals surface area contributed by atoms with Crippen molar-refractivity contribution in [3.05, 3.63) is 34.5 Å². The molecule has 1 aromatic heterocycles. The van der Waals surface area contributed by atoms with Gasteiger partial charge in [0.2, 0.25) is 0 Å². The number of nitrogen functional groups attached to an aromatic ring is 2. The lowest BCUT2D eigenvalue weighted by atomic mass is 10.1. The minimum absolute atomic E-state index is 0.640. The Morgan fingerprint density at radius 1 is 1.00 bits per heavy atom. The maximum Gasteiger partial charge on any atom is 0.0554 e. The highest BCUT2D eigenvalue weighted by atomic mass is 32.1. The van der Waals surface area contributed by atoms with Crippen LogP contribution in [0.15, 0.2) is 29.6 Å². The molecule has 0 spiro atoms. The Morgan fingerprint density at radius 2 is 1.79 bits per heavy atom. The number of aryl methyl sites for hydroxylation is 1. The van der Waals surface area contributed by atoms with E-state index in [1.807, 2.05) is 18.2 Å². The summed E-state index contributed by atoms with van der Waals surface area (Å²) in [5.41, 5.74) is 15.0. The molecule has 4 N–H and O–H groups in total. The predicted molar refractivity (Wildman–Crippen MR) is 63.3 cm³/mol. The minimum Gasteiger partial charge on any atom is -0.397 e. The Hall–Kier alpha value is -1.48. The van der Waals surface area contributed by atoms with Crippen LogP contribution in [0.4, 0.5) is 11.4 Å². The molecular weight excluding hydrogens is 192 g/mol. The monoisotopic (exact) mass is 204 g/mol. The quantitative estimate of drug-likeness (QED) is 0.702. The number of thiophene rings is 1. The maximum atomic E-state index is 5.74. The van der Waals surface area contributed by atoms with Gasteiger partial charge in [0.25, 0.3) is 0 Å². The van der Waals surface area contributed by atoms with Gasteiger partial charge in [0.15, 0.2) is 0 Å². The number of hydrogen-bond donors (Lipinski definition) is 2. The fraction of sp³-hybridized carbons (Fsp3) is 0.0909. The van der Waals surface area contributed by atoms with Gasteiger partial charge >= 0.3 is 0 Å². The summed E-state index contributed by atoms with van der Waals surface area (Å²) in [4.78, 5) is 1.30. The molecule has 3 heteroatoms. The molecule has 0 bridgehead atoms. The minimum atomic E-state index is 0.640. The van der Waals surface area contributed by atoms with Crippen LogP contribution < -0.4 is 11.5 Å². The molecule has 0 atom stereocenters. The molecule has 1 aromatic carbocycles. The molecule has 72 valence electrons.